The minimum Gasteiger partial charge on any atom is -0.450 e. The second-order valence-corrected chi connectivity index (χ2v) is 6.31. The van der Waals surface area contributed by atoms with E-state index in [-0.39, 0.29) is 11.9 Å². The van der Waals surface area contributed by atoms with Crippen molar-refractivity contribution in [3.8, 4) is 0 Å². The van der Waals surface area contributed by atoms with Crippen LogP contribution < -0.4 is 10.2 Å². The van der Waals surface area contributed by atoms with Crippen LogP contribution in [0.3, 0.4) is 0 Å². The van der Waals surface area contributed by atoms with Crippen LogP contribution in [0.15, 0.2) is 65.3 Å². The maximum absolute atomic E-state index is 12.8. The van der Waals surface area contributed by atoms with E-state index in [2.05, 4.69) is 15.3 Å². The summed E-state index contributed by atoms with van der Waals surface area (Å²) in [5.74, 6) is 0.596. The van der Waals surface area contributed by atoms with Gasteiger partial charge in [0, 0.05) is 17.6 Å². The first kappa shape index (κ1) is 14.9. The van der Waals surface area contributed by atoms with Crippen molar-refractivity contribution in [3.63, 3.8) is 0 Å². The second-order valence-electron chi connectivity index (χ2n) is 6.31. The number of anilines is 2. The first-order valence-electron chi connectivity index (χ1n) is 8.56. The summed E-state index contributed by atoms with van der Waals surface area (Å²) in [7, 11) is 0. The number of fused-ring (bicyclic) bond motifs is 3. The Morgan fingerprint density at radius 1 is 1.04 bits per heavy atom. The first-order chi connectivity index (χ1) is 12.8. The van der Waals surface area contributed by atoms with Crippen molar-refractivity contribution in [3.05, 3.63) is 60.9 Å². The summed E-state index contributed by atoms with van der Waals surface area (Å²) in [6.07, 6.45) is 2.21. The lowest BCUT2D eigenvalue weighted by molar-refractivity contribution is -0.117. The lowest BCUT2D eigenvalue weighted by atomic mass is 10.2. The molecule has 0 saturated carbocycles. The Labute approximate surface area is 149 Å². The molecule has 1 unspecified atom stereocenters. The van der Waals surface area contributed by atoms with E-state index in [0.29, 0.717) is 24.4 Å². The first-order valence-corrected chi connectivity index (χ1v) is 8.56. The maximum atomic E-state index is 12.8. The molecule has 0 aliphatic carbocycles. The fourth-order valence-electron chi connectivity index (χ4n) is 3.47. The molecule has 6 heteroatoms. The highest BCUT2D eigenvalue weighted by Gasteiger charge is 2.33. The zero-order chi connectivity index (χ0) is 17.5. The molecule has 1 aliphatic heterocycles. The van der Waals surface area contributed by atoms with E-state index in [4.69, 9.17) is 4.42 Å². The van der Waals surface area contributed by atoms with Gasteiger partial charge in [-0.15, -0.1) is 0 Å². The summed E-state index contributed by atoms with van der Waals surface area (Å²) in [5, 5.41) is 4.20. The Morgan fingerprint density at radius 3 is 2.73 bits per heavy atom. The van der Waals surface area contributed by atoms with Gasteiger partial charge in [-0.3, -0.25) is 4.79 Å². The Hall–Kier alpha value is -3.41. The Bertz CT molecular complexity index is 1110. The summed E-state index contributed by atoms with van der Waals surface area (Å²) in [6.45, 7) is 0.675. The predicted octanol–water partition coefficient (Wildman–Crippen LogP) is 3.59. The summed E-state index contributed by atoms with van der Waals surface area (Å²) >= 11 is 0. The summed E-state index contributed by atoms with van der Waals surface area (Å²) in [5.41, 5.74) is 3.01. The Morgan fingerprint density at radius 2 is 1.85 bits per heavy atom. The molecule has 128 valence electrons. The van der Waals surface area contributed by atoms with Gasteiger partial charge in [-0.1, -0.05) is 30.3 Å². The maximum Gasteiger partial charge on any atom is 0.249 e. The fraction of sp³-hybridized carbons (Fsp3) is 0.150. The van der Waals surface area contributed by atoms with Crippen molar-refractivity contribution in [1.29, 1.82) is 0 Å². The van der Waals surface area contributed by atoms with Crippen LogP contribution in [0.5, 0.6) is 0 Å². The summed E-state index contributed by atoms with van der Waals surface area (Å²) < 4.78 is 5.93. The molecule has 26 heavy (non-hydrogen) atoms. The summed E-state index contributed by atoms with van der Waals surface area (Å²) in [6, 6.07) is 17.1. The van der Waals surface area contributed by atoms with Gasteiger partial charge in [-0.25, -0.2) is 9.97 Å². The van der Waals surface area contributed by atoms with E-state index in [0.717, 1.165) is 22.2 Å². The minimum absolute atomic E-state index is 0.0408. The van der Waals surface area contributed by atoms with Gasteiger partial charge in [0.15, 0.2) is 11.4 Å². The third kappa shape index (κ3) is 2.30. The van der Waals surface area contributed by atoms with E-state index in [1.54, 1.807) is 4.90 Å². The average Bonchev–Trinajstić information content (AvgIpc) is 3.24. The lowest BCUT2D eigenvalue weighted by Gasteiger charge is -2.17. The number of furan rings is 1. The predicted molar refractivity (Wildman–Crippen MR) is 100 cm³/mol. The average molecular weight is 344 g/mol. The number of rotatable bonds is 3. The van der Waals surface area contributed by atoms with E-state index in [1.165, 1.54) is 6.33 Å². The van der Waals surface area contributed by atoms with Crippen molar-refractivity contribution in [2.45, 2.75) is 12.5 Å². The smallest absolute Gasteiger partial charge is 0.249 e. The molecular formula is C20H16N4O2. The second kappa shape index (κ2) is 5.84. The molecule has 1 saturated heterocycles. The van der Waals surface area contributed by atoms with E-state index in [1.807, 2.05) is 54.6 Å². The normalized spacial score (nSPS) is 17.3. The van der Waals surface area contributed by atoms with Crippen LogP contribution in [0.1, 0.15) is 6.42 Å². The largest absolute Gasteiger partial charge is 0.450 e. The number of benzene rings is 2. The van der Waals surface area contributed by atoms with Gasteiger partial charge >= 0.3 is 0 Å². The Kier molecular flexibility index (Phi) is 3.35. The van der Waals surface area contributed by atoms with E-state index < -0.39 is 0 Å². The van der Waals surface area contributed by atoms with Gasteiger partial charge in [-0.05, 0) is 30.7 Å². The van der Waals surface area contributed by atoms with Crippen LogP contribution in [0.4, 0.5) is 11.5 Å². The third-order valence-corrected chi connectivity index (χ3v) is 4.74. The van der Waals surface area contributed by atoms with Crippen LogP contribution in [0.2, 0.25) is 0 Å². The number of nitrogens with one attached hydrogen (secondary N) is 1. The molecule has 2 aromatic carbocycles. The molecule has 1 atom stereocenters. The number of para-hydroxylation sites is 2. The van der Waals surface area contributed by atoms with Crippen LogP contribution in [0, 0.1) is 0 Å². The van der Waals surface area contributed by atoms with Crippen molar-refractivity contribution < 1.29 is 9.21 Å². The van der Waals surface area contributed by atoms with Crippen LogP contribution in [-0.2, 0) is 4.79 Å². The number of amides is 1. The number of nitrogens with zero attached hydrogens (tertiary/aromatic N) is 3. The molecule has 1 fully saturated rings. The highest BCUT2D eigenvalue weighted by Crippen LogP contribution is 2.31. The quantitative estimate of drug-likeness (QED) is 0.615. The van der Waals surface area contributed by atoms with Crippen LogP contribution >= 0.6 is 0 Å². The molecule has 0 spiro atoms. The molecule has 1 amide bonds. The molecule has 0 radical (unpaired) electrons. The monoisotopic (exact) mass is 344 g/mol. The lowest BCUT2D eigenvalue weighted by Crippen LogP contribution is -2.33. The topological polar surface area (TPSA) is 71.3 Å². The van der Waals surface area contributed by atoms with Crippen molar-refractivity contribution >= 4 is 39.5 Å². The van der Waals surface area contributed by atoms with Crippen LogP contribution in [0.25, 0.3) is 22.1 Å². The molecule has 5 rings (SSSR count). The van der Waals surface area contributed by atoms with Gasteiger partial charge in [0.1, 0.15) is 23.5 Å². The van der Waals surface area contributed by atoms with Crippen molar-refractivity contribution in [2.24, 2.45) is 0 Å². The molecule has 6 nitrogen and oxygen atoms in total. The van der Waals surface area contributed by atoms with Crippen molar-refractivity contribution in [1.82, 2.24) is 9.97 Å². The van der Waals surface area contributed by atoms with Gasteiger partial charge in [0.25, 0.3) is 0 Å². The van der Waals surface area contributed by atoms with Crippen LogP contribution in [-0.4, -0.2) is 28.5 Å². The van der Waals surface area contributed by atoms with E-state index >= 15 is 0 Å². The molecular weight excluding hydrogens is 328 g/mol. The molecule has 3 heterocycles. The summed E-state index contributed by atoms with van der Waals surface area (Å²) in [4.78, 5) is 23.3. The zero-order valence-corrected chi connectivity index (χ0v) is 13.9. The van der Waals surface area contributed by atoms with Crippen molar-refractivity contribution in [2.75, 3.05) is 16.8 Å². The molecule has 4 aromatic rings. The number of carbonyl (C=O) groups is 1. The van der Waals surface area contributed by atoms with Gasteiger partial charge in [-0.2, -0.15) is 0 Å². The fourth-order valence-corrected chi connectivity index (χ4v) is 3.47. The Balaban J connectivity index is 1.48. The minimum atomic E-state index is -0.332. The highest BCUT2D eigenvalue weighted by molar-refractivity contribution is 6.06. The molecule has 2 aromatic heterocycles. The van der Waals surface area contributed by atoms with Gasteiger partial charge in [0.05, 0.1) is 0 Å². The molecule has 0 bridgehead atoms. The number of hydrogen-bond acceptors (Lipinski definition) is 5. The highest BCUT2D eigenvalue weighted by atomic mass is 16.3. The number of hydrogen-bond donors (Lipinski definition) is 1. The zero-order valence-electron chi connectivity index (χ0n) is 13.9. The number of aromatic nitrogens is 2. The van der Waals surface area contributed by atoms with E-state index in [9.17, 15) is 4.79 Å². The molecule has 1 N–H and O–H groups in total. The third-order valence-electron chi connectivity index (χ3n) is 4.74. The van der Waals surface area contributed by atoms with Gasteiger partial charge in [0.2, 0.25) is 5.91 Å². The van der Waals surface area contributed by atoms with Gasteiger partial charge < -0.3 is 14.6 Å². The molecule has 1 aliphatic rings. The number of carbonyl (C=O) groups excluding carboxylic acids is 1. The SMILES string of the molecule is O=C1C(Nc2ncnc3c2oc2ccccc23)CCN1c1ccccc1. The standard InChI is InChI=1S/C20H16N4O2/c25-20-15(10-11-24(20)13-6-2-1-3-7-13)23-19-18-17(21-12-22-19)14-8-4-5-9-16(14)26-18/h1-9,12,15H,10-11H2,(H,21,22,23).